The summed E-state index contributed by atoms with van der Waals surface area (Å²) in [6, 6.07) is 7.36. The second-order valence-electron chi connectivity index (χ2n) is 8.54. The Morgan fingerprint density at radius 3 is 2.56 bits per heavy atom. The molecule has 1 aromatic carbocycles. The minimum atomic E-state index is -1.14. The van der Waals surface area contributed by atoms with Crippen LogP contribution < -0.4 is 4.74 Å². The third-order valence-electron chi connectivity index (χ3n) is 5.79. The van der Waals surface area contributed by atoms with Crippen LogP contribution in [0.25, 0.3) is 16.7 Å². The van der Waals surface area contributed by atoms with Crippen LogP contribution in [0.1, 0.15) is 61.6 Å². The summed E-state index contributed by atoms with van der Waals surface area (Å²) >= 11 is 0. The molecular weight excluding hydrogens is 411 g/mol. The third-order valence-corrected chi connectivity index (χ3v) is 5.79. The molecule has 0 bridgehead atoms. The fraction of sp³-hybridized carbons (Fsp3) is 0.458. The molecule has 0 radical (unpaired) electrons. The number of halogens is 1. The zero-order valence-corrected chi connectivity index (χ0v) is 18.6. The van der Waals surface area contributed by atoms with E-state index in [-0.39, 0.29) is 17.4 Å². The van der Waals surface area contributed by atoms with Crippen molar-refractivity contribution in [1.82, 2.24) is 19.7 Å². The van der Waals surface area contributed by atoms with Gasteiger partial charge in [0, 0.05) is 12.6 Å². The quantitative estimate of drug-likeness (QED) is 0.514. The molecule has 1 saturated heterocycles. The van der Waals surface area contributed by atoms with Crippen LogP contribution in [0.2, 0.25) is 0 Å². The van der Waals surface area contributed by atoms with Crippen molar-refractivity contribution < 1.29 is 19.0 Å². The van der Waals surface area contributed by atoms with Crippen LogP contribution in [-0.2, 0) is 0 Å². The number of piperidine rings is 1. The highest BCUT2D eigenvalue weighted by Gasteiger charge is 2.23. The van der Waals surface area contributed by atoms with E-state index >= 15 is 0 Å². The van der Waals surface area contributed by atoms with E-state index < -0.39 is 5.97 Å². The molecular formula is C24H29FN4O3. The van der Waals surface area contributed by atoms with E-state index in [0.29, 0.717) is 29.1 Å². The Morgan fingerprint density at radius 1 is 1.19 bits per heavy atom. The molecule has 8 heteroatoms. The first-order valence-electron chi connectivity index (χ1n) is 11.2. The molecule has 4 rings (SSSR count). The first-order valence-corrected chi connectivity index (χ1v) is 11.2. The van der Waals surface area contributed by atoms with Gasteiger partial charge in [-0.05, 0) is 62.5 Å². The summed E-state index contributed by atoms with van der Waals surface area (Å²) in [7, 11) is 0. The van der Waals surface area contributed by atoms with E-state index in [0.717, 1.165) is 31.7 Å². The summed E-state index contributed by atoms with van der Waals surface area (Å²) in [5.74, 6) is -0.954. The Labute approximate surface area is 186 Å². The summed E-state index contributed by atoms with van der Waals surface area (Å²) < 4.78 is 21.1. The molecule has 3 heterocycles. The largest absolute Gasteiger partial charge is 0.493 e. The number of carbonyl (C=O) groups is 1. The molecule has 32 heavy (non-hydrogen) atoms. The van der Waals surface area contributed by atoms with Gasteiger partial charge in [0.05, 0.1) is 23.4 Å². The second-order valence-corrected chi connectivity index (χ2v) is 8.54. The summed E-state index contributed by atoms with van der Waals surface area (Å²) in [5.41, 5.74) is 1.66. The van der Waals surface area contributed by atoms with Crippen molar-refractivity contribution in [2.75, 3.05) is 26.2 Å². The van der Waals surface area contributed by atoms with Crippen LogP contribution in [0, 0.1) is 5.82 Å². The smallest absolute Gasteiger partial charge is 0.354 e. The van der Waals surface area contributed by atoms with Gasteiger partial charge in [-0.1, -0.05) is 20.3 Å². The number of likely N-dealkylation sites (tertiary alicyclic amines) is 1. The zero-order valence-electron chi connectivity index (χ0n) is 18.6. The van der Waals surface area contributed by atoms with E-state index in [4.69, 9.17) is 9.84 Å². The Morgan fingerprint density at radius 2 is 1.91 bits per heavy atom. The maximum atomic E-state index is 13.4. The maximum absolute atomic E-state index is 13.4. The van der Waals surface area contributed by atoms with Crippen LogP contribution >= 0.6 is 0 Å². The highest BCUT2D eigenvalue weighted by Crippen LogP contribution is 2.34. The SMILES string of the molecule is CC(C)c1nn(-c2ccc(F)cc2)c2nc(C(=O)O)cc(OCCCN3CCCCC3)c12. The number of ether oxygens (including phenoxy) is 1. The minimum absolute atomic E-state index is 0.0624. The molecule has 1 N–H and O–H groups in total. The molecule has 0 unspecified atom stereocenters. The molecule has 2 aromatic heterocycles. The molecule has 1 fully saturated rings. The standard InChI is InChI=1S/C24H29FN4O3/c1-16(2)22-21-20(32-14-6-13-28-11-4-3-5-12-28)15-19(24(30)31)26-23(21)29(27-22)18-9-7-17(25)8-10-18/h7-10,15-16H,3-6,11-14H2,1-2H3,(H,30,31). The van der Waals surface area contributed by atoms with Crippen molar-refractivity contribution in [1.29, 1.82) is 0 Å². The number of hydrogen-bond donors (Lipinski definition) is 1. The highest BCUT2D eigenvalue weighted by molar-refractivity contribution is 5.94. The minimum Gasteiger partial charge on any atom is -0.493 e. The van der Waals surface area contributed by atoms with Gasteiger partial charge in [0.1, 0.15) is 11.6 Å². The van der Waals surface area contributed by atoms with Crippen molar-refractivity contribution in [3.8, 4) is 11.4 Å². The fourth-order valence-corrected chi connectivity index (χ4v) is 4.15. The summed E-state index contributed by atoms with van der Waals surface area (Å²) in [6.45, 7) is 7.74. The van der Waals surface area contributed by atoms with E-state index in [1.807, 2.05) is 13.8 Å². The zero-order chi connectivity index (χ0) is 22.7. The van der Waals surface area contributed by atoms with Crippen LogP contribution in [0.4, 0.5) is 4.39 Å². The normalized spacial score (nSPS) is 14.9. The predicted molar refractivity (Wildman–Crippen MR) is 120 cm³/mol. The van der Waals surface area contributed by atoms with Gasteiger partial charge in [-0.3, -0.25) is 0 Å². The molecule has 0 atom stereocenters. The number of aromatic carboxylic acids is 1. The number of rotatable bonds is 8. The summed E-state index contributed by atoms with van der Waals surface area (Å²) in [4.78, 5) is 18.6. The van der Waals surface area contributed by atoms with Crippen molar-refractivity contribution in [3.05, 3.63) is 47.5 Å². The lowest BCUT2D eigenvalue weighted by atomic mass is 10.1. The number of nitrogens with zero attached hydrogens (tertiary/aromatic N) is 4. The number of fused-ring (bicyclic) bond motifs is 1. The Hall–Kier alpha value is -3.00. The van der Waals surface area contributed by atoms with Crippen molar-refractivity contribution >= 4 is 17.0 Å². The third kappa shape index (κ3) is 4.75. The lowest BCUT2D eigenvalue weighted by Crippen LogP contribution is -2.31. The monoisotopic (exact) mass is 440 g/mol. The number of aromatic nitrogens is 3. The molecule has 7 nitrogen and oxygen atoms in total. The van der Waals surface area contributed by atoms with Gasteiger partial charge in [0.2, 0.25) is 0 Å². The molecule has 0 saturated carbocycles. The van der Waals surface area contributed by atoms with Crippen LogP contribution in [0.15, 0.2) is 30.3 Å². The van der Waals surface area contributed by atoms with Gasteiger partial charge in [-0.2, -0.15) is 5.10 Å². The van der Waals surface area contributed by atoms with Crippen molar-refractivity contribution in [2.24, 2.45) is 0 Å². The number of pyridine rings is 1. The summed E-state index contributed by atoms with van der Waals surface area (Å²) in [6.07, 6.45) is 4.65. The van der Waals surface area contributed by atoms with Crippen molar-refractivity contribution in [2.45, 2.75) is 45.4 Å². The van der Waals surface area contributed by atoms with E-state index in [9.17, 15) is 14.3 Å². The lowest BCUT2D eigenvalue weighted by Gasteiger charge is -2.26. The van der Waals surface area contributed by atoms with E-state index in [2.05, 4.69) is 9.88 Å². The topological polar surface area (TPSA) is 80.5 Å². The van der Waals surface area contributed by atoms with Crippen molar-refractivity contribution in [3.63, 3.8) is 0 Å². The Balaban J connectivity index is 1.68. The number of hydrogen-bond acceptors (Lipinski definition) is 5. The maximum Gasteiger partial charge on any atom is 0.354 e. The molecule has 3 aromatic rings. The van der Waals surface area contributed by atoms with Crippen LogP contribution in [0.3, 0.4) is 0 Å². The van der Waals surface area contributed by atoms with E-state index in [1.165, 1.54) is 37.5 Å². The highest BCUT2D eigenvalue weighted by atomic mass is 19.1. The van der Waals surface area contributed by atoms with Gasteiger partial charge >= 0.3 is 5.97 Å². The molecule has 1 aliphatic heterocycles. The molecule has 0 amide bonds. The first-order chi connectivity index (χ1) is 15.4. The number of benzene rings is 1. The lowest BCUT2D eigenvalue weighted by molar-refractivity contribution is 0.0690. The second kappa shape index (κ2) is 9.65. The van der Waals surface area contributed by atoms with E-state index in [1.54, 1.807) is 16.8 Å². The van der Waals surface area contributed by atoms with Gasteiger partial charge in [-0.25, -0.2) is 18.9 Å². The molecule has 0 aliphatic carbocycles. The Kier molecular flexibility index (Phi) is 6.69. The first kappa shape index (κ1) is 22.2. The number of carboxylic acids is 1. The van der Waals surface area contributed by atoms with Gasteiger partial charge < -0.3 is 14.7 Å². The van der Waals surface area contributed by atoms with Crippen LogP contribution in [-0.4, -0.2) is 57.0 Å². The van der Waals surface area contributed by atoms with Crippen LogP contribution in [0.5, 0.6) is 5.75 Å². The Bertz CT molecular complexity index is 1090. The van der Waals surface area contributed by atoms with Gasteiger partial charge in [-0.15, -0.1) is 0 Å². The summed E-state index contributed by atoms with van der Waals surface area (Å²) in [5, 5.41) is 15.0. The fourth-order valence-electron chi connectivity index (χ4n) is 4.15. The predicted octanol–water partition coefficient (Wildman–Crippen LogP) is 4.64. The van der Waals surface area contributed by atoms with Gasteiger partial charge in [0.25, 0.3) is 0 Å². The molecule has 170 valence electrons. The average molecular weight is 441 g/mol. The molecule has 0 spiro atoms. The molecule has 1 aliphatic rings. The average Bonchev–Trinajstić information content (AvgIpc) is 3.18. The number of carboxylic acid groups (broad SMARTS) is 1. The van der Waals surface area contributed by atoms with Gasteiger partial charge in [0.15, 0.2) is 11.3 Å².